The first kappa shape index (κ1) is 18.2. The summed E-state index contributed by atoms with van der Waals surface area (Å²) in [6, 6.07) is 10.0. The first-order valence-corrected chi connectivity index (χ1v) is 9.37. The summed E-state index contributed by atoms with van der Waals surface area (Å²) in [5.41, 5.74) is 4.21. The molecule has 0 saturated carbocycles. The van der Waals surface area contributed by atoms with Crippen LogP contribution in [0.1, 0.15) is 57.1 Å². The molecule has 144 valence electrons. The summed E-state index contributed by atoms with van der Waals surface area (Å²) in [4.78, 5) is 31.2. The number of Topliss-reactive ketones (excluding diaryl/α,β-unsaturated/α-hetero) is 1. The van der Waals surface area contributed by atoms with Gasteiger partial charge >= 0.3 is 0 Å². The van der Waals surface area contributed by atoms with Crippen LogP contribution in [0.15, 0.2) is 36.5 Å². The second-order valence-electron chi connectivity index (χ2n) is 7.40. The fourth-order valence-electron chi connectivity index (χ4n) is 3.90. The van der Waals surface area contributed by atoms with E-state index in [0.717, 1.165) is 17.5 Å². The third kappa shape index (κ3) is 2.85. The molecule has 0 bridgehead atoms. The Kier molecular flexibility index (Phi) is 4.41. The number of aromatic nitrogens is 2. The standard InChI is InChI=1S/C22H23N3O3/c1-13-19(14(2)26)25-12-17(22(27)24(3)4)16-10-11-18(15-8-6-5-7-9-15)28-20(16)21(25)23-13/h5-9,12,18H,10-11H2,1-4H3/t18-/m1/s1. The van der Waals surface area contributed by atoms with Crippen LogP contribution in [0.3, 0.4) is 0 Å². The zero-order valence-corrected chi connectivity index (χ0v) is 16.5. The molecule has 2 aromatic heterocycles. The Bertz CT molecular complexity index is 1080. The Morgan fingerprint density at radius 1 is 1.21 bits per heavy atom. The van der Waals surface area contributed by atoms with Crippen molar-refractivity contribution < 1.29 is 14.3 Å². The van der Waals surface area contributed by atoms with Crippen molar-refractivity contribution in [3.8, 4) is 5.75 Å². The Hall–Kier alpha value is -3.15. The third-order valence-corrected chi connectivity index (χ3v) is 5.20. The van der Waals surface area contributed by atoms with Crippen molar-refractivity contribution >= 4 is 17.3 Å². The number of carbonyl (C=O) groups is 2. The molecule has 1 aliphatic heterocycles. The zero-order chi connectivity index (χ0) is 20.0. The van der Waals surface area contributed by atoms with E-state index in [9.17, 15) is 9.59 Å². The molecule has 0 N–H and O–H groups in total. The second kappa shape index (κ2) is 6.78. The van der Waals surface area contributed by atoms with Gasteiger partial charge in [0.15, 0.2) is 17.2 Å². The Morgan fingerprint density at radius 3 is 2.57 bits per heavy atom. The normalized spacial score (nSPS) is 15.8. The highest BCUT2D eigenvalue weighted by molar-refractivity contribution is 5.99. The van der Waals surface area contributed by atoms with E-state index < -0.39 is 0 Å². The zero-order valence-electron chi connectivity index (χ0n) is 16.5. The molecule has 3 aromatic rings. The van der Waals surface area contributed by atoms with Crippen LogP contribution in [0.4, 0.5) is 0 Å². The molecule has 3 heterocycles. The maximum atomic E-state index is 12.9. The van der Waals surface area contributed by atoms with Crippen molar-refractivity contribution in [2.45, 2.75) is 32.8 Å². The average molecular weight is 377 g/mol. The Labute approximate surface area is 163 Å². The summed E-state index contributed by atoms with van der Waals surface area (Å²) in [6.07, 6.45) is 3.11. The van der Waals surface area contributed by atoms with Crippen LogP contribution in [0.5, 0.6) is 5.75 Å². The highest BCUT2D eigenvalue weighted by atomic mass is 16.5. The number of carbonyl (C=O) groups excluding carboxylic acids is 2. The van der Waals surface area contributed by atoms with Gasteiger partial charge in [0.2, 0.25) is 0 Å². The quantitative estimate of drug-likeness (QED) is 0.654. The highest BCUT2D eigenvalue weighted by Gasteiger charge is 2.30. The van der Waals surface area contributed by atoms with Crippen molar-refractivity contribution in [2.75, 3.05) is 14.1 Å². The minimum atomic E-state index is -0.111. The van der Waals surface area contributed by atoms with Crippen LogP contribution in [0, 0.1) is 6.92 Å². The molecule has 6 nitrogen and oxygen atoms in total. The molecule has 1 aromatic carbocycles. The number of aryl methyl sites for hydroxylation is 1. The fraction of sp³-hybridized carbons (Fsp3) is 0.318. The van der Waals surface area contributed by atoms with Crippen LogP contribution >= 0.6 is 0 Å². The number of ether oxygens (including phenoxy) is 1. The van der Waals surface area contributed by atoms with E-state index in [2.05, 4.69) is 4.98 Å². The molecule has 28 heavy (non-hydrogen) atoms. The van der Waals surface area contributed by atoms with Crippen LogP contribution in [-0.2, 0) is 6.42 Å². The number of hydrogen-bond donors (Lipinski definition) is 0. The molecular formula is C22H23N3O3. The fourth-order valence-corrected chi connectivity index (χ4v) is 3.90. The second-order valence-corrected chi connectivity index (χ2v) is 7.40. The molecule has 0 spiro atoms. The number of nitrogens with zero attached hydrogens (tertiary/aromatic N) is 3. The van der Waals surface area contributed by atoms with Gasteiger partial charge in [0.05, 0.1) is 11.3 Å². The minimum absolute atomic E-state index is 0.0939. The van der Waals surface area contributed by atoms with Gasteiger partial charge in [0.25, 0.3) is 5.91 Å². The molecule has 1 aliphatic rings. The van der Waals surface area contributed by atoms with Crippen LogP contribution in [0.25, 0.3) is 5.65 Å². The van der Waals surface area contributed by atoms with Gasteiger partial charge < -0.3 is 9.64 Å². The lowest BCUT2D eigenvalue weighted by Gasteiger charge is -2.28. The van der Waals surface area contributed by atoms with Crippen molar-refractivity contribution in [2.24, 2.45) is 0 Å². The first-order chi connectivity index (χ1) is 13.4. The molecule has 4 rings (SSSR count). The SMILES string of the molecule is CC(=O)c1c(C)nc2c3c(c(C(=O)N(C)C)cn12)CC[C@H](c1ccccc1)O3. The minimum Gasteiger partial charge on any atom is -0.481 e. The molecule has 0 unspecified atom stereocenters. The number of imidazole rings is 1. The summed E-state index contributed by atoms with van der Waals surface area (Å²) in [5, 5.41) is 0. The average Bonchev–Trinajstić information content (AvgIpc) is 3.03. The summed E-state index contributed by atoms with van der Waals surface area (Å²) in [5.74, 6) is 0.396. The molecule has 0 radical (unpaired) electrons. The van der Waals surface area contributed by atoms with Gasteiger partial charge in [-0.3, -0.25) is 14.0 Å². The van der Waals surface area contributed by atoms with Crippen molar-refractivity contribution in [3.05, 3.63) is 64.6 Å². The summed E-state index contributed by atoms with van der Waals surface area (Å²) in [7, 11) is 3.45. The van der Waals surface area contributed by atoms with Gasteiger partial charge in [-0.25, -0.2) is 4.98 Å². The molecule has 1 atom stereocenters. The molecule has 0 saturated heterocycles. The lowest BCUT2D eigenvalue weighted by molar-refractivity contribution is 0.0822. The Morgan fingerprint density at radius 2 is 1.93 bits per heavy atom. The lowest BCUT2D eigenvalue weighted by Crippen LogP contribution is -2.26. The maximum Gasteiger partial charge on any atom is 0.255 e. The number of fused-ring (bicyclic) bond motifs is 3. The molecule has 0 aliphatic carbocycles. The Balaban J connectivity index is 1.95. The van der Waals surface area contributed by atoms with Crippen molar-refractivity contribution in [3.63, 3.8) is 0 Å². The van der Waals surface area contributed by atoms with Crippen LogP contribution in [0.2, 0.25) is 0 Å². The van der Waals surface area contributed by atoms with E-state index in [1.807, 2.05) is 30.3 Å². The van der Waals surface area contributed by atoms with Gasteiger partial charge in [-0.2, -0.15) is 0 Å². The molecule has 0 fully saturated rings. The van der Waals surface area contributed by atoms with Gasteiger partial charge in [-0.15, -0.1) is 0 Å². The maximum absolute atomic E-state index is 12.9. The molecular weight excluding hydrogens is 354 g/mol. The van der Waals surface area contributed by atoms with Gasteiger partial charge in [-0.1, -0.05) is 30.3 Å². The highest BCUT2D eigenvalue weighted by Crippen LogP contribution is 2.40. The summed E-state index contributed by atoms with van der Waals surface area (Å²) < 4.78 is 8.09. The van der Waals surface area contributed by atoms with Crippen molar-refractivity contribution in [1.82, 2.24) is 14.3 Å². The third-order valence-electron chi connectivity index (χ3n) is 5.20. The largest absolute Gasteiger partial charge is 0.481 e. The van der Waals surface area contributed by atoms with Gasteiger partial charge in [0.1, 0.15) is 11.8 Å². The number of hydrogen-bond acceptors (Lipinski definition) is 4. The number of benzene rings is 1. The predicted molar refractivity (Wildman–Crippen MR) is 106 cm³/mol. The van der Waals surface area contributed by atoms with Crippen LogP contribution < -0.4 is 4.74 Å². The summed E-state index contributed by atoms with van der Waals surface area (Å²) >= 11 is 0. The molecule has 1 amide bonds. The van der Waals surface area contributed by atoms with E-state index >= 15 is 0 Å². The monoisotopic (exact) mass is 377 g/mol. The van der Waals surface area contributed by atoms with E-state index in [0.29, 0.717) is 34.8 Å². The smallest absolute Gasteiger partial charge is 0.255 e. The number of amides is 1. The predicted octanol–water partition coefficient (Wildman–Crippen LogP) is 3.61. The van der Waals surface area contributed by atoms with Crippen molar-refractivity contribution in [1.29, 1.82) is 0 Å². The topological polar surface area (TPSA) is 63.9 Å². The van der Waals surface area contributed by atoms with E-state index in [1.54, 1.807) is 36.5 Å². The number of ketones is 1. The summed E-state index contributed by atoms with van der Waals surface area (Å²) in [6.45, 7) is 3.32. The van der Waals surface area contributed by atoms with Gasteiger partial charge in [-0.05, 0) is 25.3 Å². The molecule has 6 heteroatoms. The van der Waals surface area contributed by atoms with Gasteiger partial charge in [0, 0.05) is 32.8 Å². The van der Waals surface area contributed by atoms with E-state index in [-0.39, 0.29) is 17.8 Å². The number of pyridine rings is 1. The lowest BCUT2D eigenvalue weighted by atomic mass is 9.95. The number of rotatable bonds is 3. The van der Waals surface area contributed by atoms with E-state index in [4.69, 9.17) is 4.74 Å². The van der Waals surface area contributed by atoms with Crippen LogP contribution in [-0.4, -0.2) is 40.1 Å². The first-order valence-electron chi connectivity index (χ1n) is 9.37. The van der Waals surface area contributed by atoms with E-state index in [1.165, 1.54) is 6.92 Å².